The van der Waals surface area contributed by atoms with Crippen LogP contribution in [0.1, 0.15) is 22.6 Å². The number of benzene rings is 5. The van der Waals surface area contributed by atoms with E-state index in [9.17, 15) is 0 Å². The fourth-order valence-corrected chi connectivity index (χ4v) is 6.76. The topological polar surface area (TPSA) is 3.24 Å². The third-order valence-corrected chi connectivity index (χ3v) is 8.54. The Bertz CT molecular complexity index is 1490. The van der Waals surface area contributed by atoms with Crippen LogP contribution in [0.5, 0.6) is 0 Å². The summed E-state index contributed by atoms with van der Waals surface area (Å²) in [7, 11) is 5.11. The molecule has 1 fully saturated rings. The van der Waals surface area contributed by atoms with Crippen molar-refractivity contribution in [1.82, 2.24) is 4.90 Å². The Morgan fingerprint density at radius 3 is 2.27 bits per heavy atom. The van der Waals surface area contributed by atoms with Crippen molar-refractivity contribution in [3.63, 3.8) is 0 Å². The summed E-state index contributed by atoms with van der Waals surface area (Å²) in [5.74, 6) is 1.10. The van der Waals surface area contributed by atoms with Gasteiger partial charge in [-0.05, 0) is 56.2 Å². The number of nitrogens with zero attached hydrogens (tertiary/aromatic N) is 1. The molecule has 0 bridgehead atoms. The van der Waals surface area contributed by atoms with Crippen molar-refractivity contribution in [1.29, 1.82) is 0 Å². The second-order valence-electron chi connectivity index (χ2n) is 10.5. The van der Waals surface area contributed by atoms with Crippen LogP contribution in [0.3, 0.4) is 0 Å². The zero-order valence-corrected chi connectivity index (χ0v) is 22.6. The summed E-state index contributed by atoms with van der Waals surface area (Å²) >= 11 is 0. The van der Waals surface area contributed by atoms with E-state index in [2.05, 4.69) is 137 Å². The molecule has 0 spiro atoms. The van der Waals surface area contributed by atoms with Gasteiger partial charge in [0.2, 0.25) is 0 Å². The third-order valence-electron chi connectivity index (χ3n) is 8.06. The fourth-order valence-electron chi connectivity index (χ4n) is 6.25. The normalized spacial score (nSPS) is 17.9. The molecular formula is C34H33BNP. The van der Waals surface area contributed by atoms with E-state index in [4.69, 9.17) is 0 Å². The summed E-state index contributed by atoms with van der Waals surface area (Å²) in [6.07, 6.45) is 1.10. The van der Waals surface area contributed by atoms with Gasteiger partial charge in [-0.3, -0.25) is 4.90 Å². The van der Waals surface area contributed by atoms with Crippen molar-refractivity contribution in [2.45, 2.75) is 18.9 Å². The fraction of sp³-hybridized carbons (Fsp3) is 0.176. The molecule has 3 atom stereocenters. The predicted molar refractivity (Wildman–Crippen MR) is 165 cm³/mol. The van der Waals surface area contributed by atoms with Gasteiger partial charge in [0, 0.05) is 25.6 Å². The average molecular weight is 497 g/mol. The lowest BCUT2D eigenvalue weighted by Gasteiger charge is -2.20. The number of fused-ring (bicyclic) bond motifs is 1. The number of rotatable bonds is 6. The standard InChI is InChI=1S/C34H33BNP/c35-32-14-7-15-33(37)34(32)27-18-16-26(17-19-27)31-23-36(21-24-8-2-1-3-9-24)22-29(31)20-28-12-6-11-25-10-4-5-13-30(25)28/h1-19,29,31H,20-23,35,37H2/t29-,31?/m1/s1. The summed E-state index contributed by atoms with van der Waals surface area (Å²) < 4.78 is 0. The summed E-state index contributed by atoms with van der Waals surface area (Å²) in [5.41, 5.74) is 8.29. The number of likely N-dealkylation sites (tertiary alicyclic amines) is 1. The molecule has 1 heterocycles. The maximum absolute atomic E-state index is 2.91. The zero-order chi connectivity index (χ0) is 25.2. The van der Waals surface area contributed by atoms with Gasteiger partial charge in [0.1, 0.15) is 7.85 Å². The van der Waals surface area contributed by atoms with E-state index < -0.39 is 0 Å². The van der Waals surface area contributed by atoms with Crippen LogP contribution in [0, 0.1) is 5.92 Å². The average Bonchev–Trinajstić information content (AvgIpc) is 3.31. The van der Waals surface area contributed by atoms with Gasteiger partial charge in [-0.15, -0.1) is 9.24 Å². The Balaban J connectivity index is 1.31. The molecule has 0 aromatic heterocycles. The molecule has 3 heteroatoms. The minimum atomic E-state index is 0.518. The van der Waals surface area contributed by atoms with Gasteiger partial charge < -0.3 is 0 Å². The quantitative estimate of drug-likeness (QED) is 0.214. The molecule has 0 N–H and O–H groups in total. The third kappa shape index (κ3) is 5.15. The zero-order valence-electron chi connectivity index (χ0n) is 21.5. The maximum atomic E-state index is 2.91. The molecular weight excluding hydrogens is 464 g/mol. The van der Waals surface area contributed by atoms with Gasteiger partial charge in [-0.25, -0.2) is 0 Å². The van der Waals surface area contributed by atoms with Crippen molar-refractivity contribution >= 4 is 38.6 Å². The molecule has 1 aliphatic rings. The van der Waals surface area contributed by atoms with Gasteiger partial charge in [-0.1, -0.05) is 121 Å². The van der Waals surface area contributed by atoms with E-state index in [1.165, 1.54) is 49.4 Å². The first-order chi connectivity index (χ1) is 18.2. The van der Waals surface area contributed by atoms with E-state index in [1.807, 2.05) is 0 Å². The molecule has 1 aliphatic heterocycles. The van der Waals surface area contributed by atoms with Crippen molar-refractivity contribution in [3.8, 4) is 11.1 Å². The van der Waals surface area contributed by atoms with Crippen LogP contribution in [0.25, 0.3) is 21.9 Å². The molecule has 0 saturated carbocycles. The van der Waals surface area contributed by atoms with Crippen molar-refractivity contribution in [3.05, 3.63) is 132 Å². The lowest BCUT2D eigenvalue weighted by Crippen LogP contribution is -2.20. The summed E-state index contributed by atoms with van der Waals surface area (Å²) in [6.45, 7) is 3.24. The van der Waals surface area contributed by atoms with Gasteiger partial charge in [0.25, 0.3) is 0 Å². The highest BCUT2D eigenvalue weighted by Crippen LogP contribution is 2.37. The molecule has 37 heavy (non-hydrogen) atoms. The van der Waals surface area contributed by atoms with Crippen molar-refractivity contribution in [2.24, 2.45) is 5.92 Å². The molecule has 0 amide bonds. The van der Waals surface area contributed by atoms with Crippen molar-refractivity contribution < 1.29 is 0 Å². The monoisotopic (exact) mass is 497 g/mol. The largest absolute Gasteiger partial charge is 0.298 e. The molecule has 1 saturated heterocycles. The van der Waals surface area contributed by atoms with E-state index >= 15 is 0 Å². The van der Waals surface area contributed by atoms with Crippen molar-refractivity contribution in [2.75, 3.05) is 13.1 Å². The van der Waals surface area contributed by atoms with Crippen LogP contribution in [0.2, 0.25) is 0 Å². The smallest absolute Gasteiger partial charge is 0.140 e. The first-order valence-electron chi connectivity index (χ1n) is 13.3. The summed E-state index contributed by atoms with van der Waals surface area (Å²) in [6, 6.07) is 42.5. The maximum Gasteiger partial charge on any atom is 0.140 e. The lowest BCUT2D eigenvalue weighted by molar-refractivity contribution is 0.315. The first-order valence-corrected chi connectivity index (χ1v) is 13.9. The second kappa shape index (κ2) is 10.7. The van der Waals surface area contributed by atoms with Gasteiger partial charge in [-0.2, -0.15) is 0 Å². The van der Waals surface area contributed by atoms with Gasteiger partial charge in [0.15, 0.2) is 0 Å². The SMILES string of the molecule is Bc1cccc(P)c1-c1ccc(C2CN(Cc3ccccc3)C[C@H]2Cc2cccc3ccccc23)cc1. The minimum Gasteiger partial charge on any atom is -0.298 e. The van der Waals surface area contributed by atoms with E-state index in [0.717, 1.165) is 26.1 Å². The van der Waals surface area contributed by atoms with Crippen LogP contribution in [-0.2, 0) is 13.0 Å². The van der Waals surface area contributed by atoms with Crippen LogP contribution in [0.4, 0.5) is 0 Å². The Hall–Kier alpha value is -3.19. The highest BCUT2D eigenvalue weighted by molar-refractivity contribution is 7.28. The van der Waals surface area contributed by atoms with Crippen LogP contribution in [-0.4, -0.2) is 25.8 Å². The Kier molecular flexibility index (Phi) is 6.96. The highest BCUT2D eigenvalue weighted by atomic mass is 31.0. The molecule has 0 radical (unpaired) electrons. The minimum absolute atomic E-state index is 0.518. The Morgan fingerprint density at radius 1 is 0.730 bits per heavy atom. The molecule has 1 nitrogen and oxygen atoms in total. The van der Waals surface area contributed by atoms with E-state index in [1.54, 1.807) is 0 Å². The first kappa shape index (κ1) is 24.2. The molecule has 5 aromatic rings. The Labute approximate surface area is 224 Å². The Morgan fingerprint density at radius 2 is 1.46 bits per heavy atom. The van der Waals surface area contributed by atoms with Crippen LogP contribution in [0.15, 0.2) is 115 Å². The highest BCUT2D eigenvalue weighted by Gasteiger charge is 2.34. The summed E-state index contributed by atoms with van der Waals surface area (Å²) in [5, 5.41) is 4.00. The lowest BCUT2D eigenvalue weighted by atomic mass is 9.82. The molecule has 5 aromatic carbocycles. The summed E-state index contributed by atoms with van der Waals surface area (Å²) in [4.78, 5) is 2.66. The second-order valence-corrected chi connectivity index (χ2v) is 11.2. The molecule has 0 aliphatic carbocycles. The van der Waals surface area contributed by atoms with E-state index in [0.29, 0.717) is 11.8 Å². The van der Waals surface area contributed by atoms with E-state index in [-0.39, 0.29) is 0 Å². The van der Waals surface area contributed by atoms with Gasteiger partial charge in [0.05, 0.1) is 0 Å². The molecule has 182 valence electrons. The molecule has 6 rings (SSSR count). The molecule has 2 unspecified atom stereocenters. The van der Waals surface area contributed by atoms with Gasteiger partial charge >= 0.3 is 0 Å². The predicted octanol–water partition coefficient (Wildman–Crippen LogP) is 5.72. The van der Waals surface area contributed by atoms with Crippen LogP contribution < -0.4 is 10.8 Å². The number of hydrogen-bond acceptors (Lipinski definition) is 1. The van der Waals surface area contributed by atoms with Crippen LogP contribution >= 0.6 is 9.24 Å². The number of hydrogen-bond donors (Lipinski definition) is 0.